The molecule has 1 atom stereocenters. The molecule has 2 aromatic heterocycles. The highest BCUT2D eigenvalue weighted by atomic mass is 16.4. The summed E-state index contributed by atoms with van der Waals surface area (Å²) in [6, 6.07) is 14.1. The lowest BCUT2D eigenvalue weighted by molar-refractivity contribution is 0.283. The lowest BCUT2D eigenvalue weighted by Crippen LogP contribution is -2.23. The van der Waals surface area contributed by atoms with Crippen LogP contribution in [0.5, 0.6) is 0 Å². The van der Waals surface area contributed by atoms with Crippen molar-refractivity contribution in [1.29, 1.82) is 0 Å². The molecule has 0 spiro atoms. The van der Waals surface area contributed by atoms with Crippen molar-refractivity contribution in [2.24, 2.45) is 5.92 Å². The van der Waals surface area contributed by atoms with E-state index in [9.17, 15) is 0 Å². The van der Waals surface area contributed by atoms with E-state index < -0.39 is 0 Å². The van der Waals surface area contributed by atoms with E-state index in [4.69, 9.17) is 4.42 Å². The van der Waals surface area contributed by atoms with Crippen LogP contribution in [0.3, 0.4) is 0 Å². The van der Waals surface area contributed by atoms with E-state index in [1.807, 2.05) is 36.5 Å². The minimum Gasteiger partial charge on any atom is -0.419 e. The SMILES string of the molecule is Cc1ccc(-c2nnc(CN3CC[C@H](CNc4ccccn4)C3)o2)cc1. The van der Waals surface area contributed by atoms with Crippen LogP contribution in [0.15, 0.2) is 53.1 Å². The van der Waals surface area contributed by atoms with Gasteiger partial charge in [0.25, 0.3) is 0 Å². The molecule has 0 unspecified atom stereocenters. The molecule has 6 heteroatoms. The number of anilines is 1. The van der Waals surface area contributed by atoms with Crippen LogP contribution in [0.2, 0.25) is 0 Å². The highest BCUT2D eigenvalue weighted by Gasteiger charge is 2.24. The fourth-order valence-electron chi connectivity index (χ4n) is 3.26. The summed E-state index contributed by atoms with van der Waals surface area (Å²) in [4.78, 5) is 6.68. The van der Waals surface area contributed by atoms with Gasteiger partial charge in [0.05, 0.1) is 6.54 Å². The van der Waals surface area contributed by atoms with Crippen LogP contribution in [0.4, 0.5) is 5.82 Å². The van der Waals surface area contributed by atoms with Crippen LogP contribution in [0.25, 0.3) is 11.5 Å². The summed E-state index contributed by atoms with van der Waals surface area (Å²) in [5.74, 6) is 2.81. The van der Waals surface area contributed by atoms with Crippen LogP contribution in [0, 0.1) is 12.8 Å². The minimum atomic E-state index is 0.590. The smallest absolute Gasteiger partial charge is 0.247 e. The predicted molar refractivity (Wildman–Crippen MR) is 101 cm³/mol. The zero-order valence-corrected chi connectivity index (χ0v) is 14.9. The molecule has 0 saturated carbocycles. The lowest BCUT2D eigenvalue weighted by atomic mass is 10.1. The molecule has 3 aromatic rings. The molecule has 1 aliphatic heterocycles. The Morgan fingerprint density at radius 3 is 2.85 bits per heavy atom. The lowest BCUT2D eigenvalue weighted by Gasteiger charge is -2.14. The molecule has 0 amide bonds. The largest absolute Gasteiger partial charge is 0.419 e. The van der Waals surface area contributed by atoms with Crippen molar-refractivity contribution in [1.82, 2.24) is 20.1 Å². The first-order valence-electron chi connectivity index (χ1n) is 9.03. The molecule has 134 valence electrons. The highest BCUT2D eigenvalue weighted by Crippen LogP contribution is 2.22. The number of benzene rings is 1. The third kappa shape index (κ3) is 4.08. The van der Waals surface area contributed by atoms with Gasteiger partial charge in [-0.15, -0.1) is 10.2 Å². The summed E-state index contributed by atoms with van der Waals surface area (Å²) in [6.07, 6.45) is 2.98. The zero-order valence-electron chi connectivity index (χ0n) is 14.9. The molecule has 1 N–H and O–H groups in total. The number of nitrogens with one attached hydrogen (secondary N) is 1. The quantitative estimate of drug-likeness (QED) is 0.736. The average molecular weight is 349 g/mol. The molecular weight excluding hydrogens is 326 g/mol. The Morgan fingerprint density at radius 2 is 2.04 bits per heavy atom. The number of hydrogen-bond acceptors (Lipinski definition) is 6. The third-order valence-electron chi connectivity index (χ3n) is 4.73. The van der Waals surface area contributed by atoms with E-state index in [2.05, 4.69) is 44.5 Å². The number of pyridine rings is 1. The monoisotopic (exact) mass is 349 g/mol. The number of likely N-dealkylation sites (tertiary alicyclic amines) is 1. The summed E-state index contributed by atoms with van der Waals surface area (Å²) in [5, 5.41) is 11.8. The third-order valence-corrected chi connectivity index (χ3v) is 4.73. The van der Waals surface area contributed by atoms with Crippen molar-refractivity contribution in [3.05, 3.63) is 60.1 Å². The maximum Gasteiger partial charge on any atom is 0.247 e. The van der Waals surface area contributed by atoms with Crippen LogP contribution < -0.4 is 5.32 Å². The second-order valence-corrected chi connectivity index (χ2v) is 6.85. The number of nitrogens with zero attached hydrogens (tertiary/aromatic N) is 4. The molecular formula is C20H23N5O. The van der Waals surface area contributed by atoms with Crippen molar-refractivity contribution in [2.75, 3.05) is 25.0 Å². The second-order valence-electron chi connectivity index (χ2n) is 6.85. The first-order valence-corrected chi connectivity index (χ1v) is 9.03. The normalized spacial score (nSPS) is 17.5. The standard InChI is InChI=1S/C20H23N5O/c1-15-5-7-17(8-6-15)20-24-23-19(26-20)14-25-11-9-16(13-25)12-22-18-4-2-3-10-21-18/h2-8,10,16H,9,11-14H2,1H3,(H,21,22)/t16-/m1/s1. The van der Waals surface area contributed by atoms with Gasteiger partial charge in [0.1, 0.15) is 5.82 Å². The van der Waals surface area contributed by atoms with Gasteiger partial charge in [0, 0.05) is 24.8 Å². The molecule has 1 saturated heterocycles. The van der Waals surface area contributed by atoms with Crippen molar-refractivity contribution in [3.8, 4) is 11.5 Å². The van der Waals surface area contributed by atoms with Gasteiger partial charge in [0.2, 0.25) is 11.8 Å². The van der Waals surface area contributed by atoms with E-state index >= 15 is 0 Å². The van der Waals surface area contributed by atoms with Crippen molar-refractivity contribution in [3.63, 3.8) is 0 Å². The topological polar surface area (TPSA) is 67.1 Å². The Bertz CT molecular complexity index is 831. The summed E-state index contributed by atoms with van der Waals surface area (Å²) in [6.45, 7) is 5.79. The van der Waals surface area contributed by atoms with Gasteiger partial charge < -0.3 is 9.73 Å². The molecule has 6 nitrogen and oxygen atoms in total. The van der Waals surface area contributed by atoms with E-state index in [-0.39, 0.29) is 0 Å². The molecule has 3 heterocycles. The minimum absolute atomic E-state index is 0.590. The average Bonchev–Trinajstić information content (AvgIpc) is 3.32. The Labute approximate surface area is 153 Å². The van der Waals surface area contributed by atoms with Gasteiger partial charge in [-0.3, -0.25) is 4.90 Å². The van der Waals surface area contributed by atoms with Gasteiger partial charge in [-0.2, -0.15) is 0 Å². The Balaban J connectivity index is 1.29. The van der Waals surface area contributed by atoms with Crippen molar-refractivity contribution < 1.29 is 4.42 Å². The molecule has 1 aromatic carbocycles. The van der Waals surface area contributed by atoms with Crippen LogP contribution >= 0.6 is 0 Å². The number of hydrogen-bond donors (Lipinski definition) is 1. The van der Waals surface area contributed by atoms with Crippen LogP contribution in [-0.4, -0.2) is 39.7 Å². The second kappa shape index (κ2) is 7.66. The molecule has 0 aliphatic carbocycles. The van der Waals surface area contributed by atoms with Gasteiger partial charge in [-0.25, -0.2) is 4.98 Å². The first kappa shape index (κ1) is 16.7. The molecule has 4 rings (SSSR count). The Kier molecular flexibility index (Phi) is 4.93. The predicted octanol–water partition coefficient (Wildman–Crippen LogP) is 3.37. The van der Waals surface area contributed by atoms with E-state index in [1.54, 1.807) is 0 Å². The molecule has 1 aliphatic rings. The summed E-state index contributed by atoms with van der Waals surface area (Å²) in [5.41, 5.74) is 2.18. The summed E-state index contributed by atoms with van der Waals surface area (Å²) >= 11 is 0. The van der Waals surface area contributed by atoms with Gasteiger partial charge >= 0.3 is 0 Å². The fraction of sp³-hybridized carbons (Fsp3) is 0.350. The summed E-state index contributed by atoms with van der Waals surface area (Å²) < 4.78 is 5.85. The van der Waals surface area contributed by atoms with Crippen LogP contribution in [-0.2, 0) is 6.54 Å². The van der Waals surface area contributed by atoms with Crippen LogP contribution in [0.1, 0.15) is 17.9 Å². The van der Waals surface area contributed by atoms with Crippen molar-refractivity contribution in [2.45, 2.75) is 19.9 Å². The van der Waals surface area contributed by atoms with Crippen molar-refractivity contribution >= 4 is 5.82 Å². The summed E-state index contributed by atoms with van der Waals surface area (Å²) in [7, 11) is 0. The molecule has 0 bridgehead atoms. The van der Waals surface area contributed by atoms with Gasteiger partial charge in [0.15, 0.2) is 0 Å². The molecule has 26 heavy (non-hydrogen) atoms. The highest BCUT2D eigenvalue weighted by molar-refractivity contribution is 5.52. The van der Waals surface area contributed by atoms with E-state index in [0.717, 1.165) is 31.0 Å². The van der Waals surface area contributed by atoms with E-state index in [1.165, 1.54) is 12.0 Å². The number of aromatic nitrogens is 3. The molecule has 1 fully saturated rings. The maximum atomic E-state index is 5.85. The zero-order chi connectivity index (χ0) is 17.8. The fourth-order valence-corrected chi connectivity index (χ4v) is 3.26. The Morgan fingerprint density at radius 1 is 1.15 bits per heavy atom. The first-order chi connectivity index (χ1) is 12.8. The Hall–Kier alpha value is -2.73. The van der Waals surface area contributed by atoms with Gasteiger partial charge in [-0.1, -0.05) is 23.8 Å². The van der Waals surface area contributed by atoms with E-state index in [0.29, 0.717) is 24.2 Å². The molecule has 0 radical (unpaired) electrons. The van der Waals surface area contributed by atoms with Gasteiger partial charge in [-0.05, 0) is 50.1 Å². The maximum absolute atomic E-state index is 5.85. The number of rotatable bonds is 6. The number of aryl methyl sites for hydroxylation is 1.